The number of likely N-dealkylation sites (tertiary alicyclic amines) is 1. The van der Waals surface area contributed by atoms with E-state index in [1.807, 2.05) is 42.2 Å². The monoisotopic (exact) mass is 535 g/mol. The van der Waals surface area contributed by atoms with Crippen molar-refractivity contribution in [3.8, 4) is 5.75 Å². The summed E-state index contributed by atoms with van der Waals surface area (Å²) in [6, 6.07) is 12.0. The Morgan fingerprint density at radius 1 is 1.29 bits per heavy atom. The predicted octanol–water partition coefficient (Wildman–Crippen LogP) is 3.82. The van der Waals surface area contributed by atoms with Gasteiger partial charge in [-0.1, -0.05) is 12.1 Å². The summed E-state index contributed by atoms with van der Waals surface area (Å²) in [6.45, 7) is 3.33. The molecule has 1 atom stereocenters. The zero-order valence-electron chi connectivity index (χ0n) is 18.0. The summed E-state index contributed by atoms with van der Waals surface area (Å²) in [5.74, 6) is 3.27. The Morgan fingerprint density at radius 3 is 2.81 bits per heavy atom. The molecule has 166 valence electrons. The first-order valence-corrected chi connectivity index (χ1v) is 10.4. The lowest BCUT2D eigenvalue weighted by molar-refractivity contribution is 0.414. The summed E-state index contributed by atoms with van der Waals surface area (Å²) >= 11 is 0. The van der Waals surface area contributed by atoms with Crippen LogP contribution in [0.2, 0.25) is 0 Å². The summed E-state index contributed by atoms with van der Waals surface area (Å²) in [4.78, 5) is 7.27. The Hall–Kier alpha value is -2.49. The fourth-order valence-electron chi connectivity index (χ4n) is 3.79. The fraction of sp³-hybridized carbons (Fsp3) is 0.391. The van der Waals surface area contributed by atoms with Gasteiger partial charge < -0.3 is 19.4 Å². The van der Waals surface area contributed by atoms with E-state index in [1.165, 1.54) is 5.56 Å². The van der Waals surface area contributed by atoms with E-state index in [4.69, 9.17) is 14.1 Å². The van der Waals surface area contributed by atoms with Gasteiger partial charge in [0.1, 0.15) is 11.5 Å². The number of hydrogen-bond acceptors (Lipinski definition) is 4. The van der Waals surface area contributed by atoms with Crippen molar-refractivity contribution in [3.05, 3.63) is 71.9 Å². The largest absolute Gasteiger partial charge is 0.497 e. The molecule has 3 aromatic rings. The molecule has 1 unspecified atom stereocenters. The first-order valence-electron chi connectivity index (χ1n) is 10.4. The smallest absolute Gasteiger partial charge is 0.194 e. The highest BCUT2D eigenvalue weighted by molar-refractivity contribution is 14.0. The number of ether oxygens (including phenoxy) is 1. The van der Waals surface area contributed by atoms with Crippen LogP contribution in [0.4, 0.5) is 0 Å². The van der Waals surface area contributed by atoms with E-state index in [0.717, 1.165) is 55.5 Å². The van der Waals surface area contributed by atoms with Gasteiger partial charge in [0.25, 0.3) is 0 Å². The third kappa shape index (κ3) is 6.25. The van der Waals surface area contributed by atoms with Crippen molar-refractivity contribution in [2.45, 2.75) is 25.3 Å². The second-order valence-electron chi connectivity index (χ2n) is 7.62. The van der Waals surface area contributed by atoms with Gasteiger partial charge >= 0.3 is 0 Å². The molecule has 4 rings (SSSR count). The molecule has 31 heavy (non-hydrogen) atoms. The first-order chi connectivity index (χ1) is 14.7. The molecule has 1 aromatic carbocycles. The molecule has 0 bridgehead atoms. The number of benzene rings is 1. The standard InChI is InChI=1S/C23H29N5O2.HI/c1-27-16-20(15-26-27)19-10-12-28(17-19)23(24-11-9-22-4-3-13-30-22)25-14-18-5-7-21(29-2)8-6-18;/h3-8,13,15-16,19H,9-12,14,17H2,1-2H3,(H,24,25);1H. The number of aromatic nitrogens is 2. The van der Waals surface area contributed by atoms with Crippen molar-refractivity contribution >= 4 is 29.9 Å². The van der Waals surface area contributed by atoms with Crippen LogP contribution in [0.15, 0.2) is 64.5 Å². The quantitative estimate of drug-likeness (QED) is 0.283. The van der Waals surface area contributed by atoms with Crippen LogP contribution in [0.5, 0.6) is 5.75 Å². The molecular weight excluding hydrogens is 505 g/mol. The van der Waals surface area contributed by atoms with E-state index in [9.17, 15) is 0 Å². The van der Waals surface area contributed by atoms with Gasteiger partial charge in [0, 0.05) is 45.2 Å². The summed E-state index contributed by atoms with van der Waals surface area (Å²) in [5, 5.41) is 7.87. The number of hydrogen-bond donors (Lipinski definition) is 1. The van der Waals surface area contributed by atoms with Gasteiger partial charge in [-0.3, -0.25) is 4.68 Å². The molecule has 0 aliphatic carbocycles. The molecule has 1 N–H and O–H groups in total. The van der Waals surface area contributed by atoms with Crippen molar-refractivity contribution in [3.63, 3.8) is 0 Å². The minimum atomic E-state index is 0. The second kappa shape index (κ2) is 11.2. The molecule has 1 aliphatic rings. The van der Waals surface area contributed by atoms with Crippen LogP contribution in [-0.2, 0) is 20.0 Å². The summed E-state index contributed by atoms with van der Waals surface area (Å²) in [7, 11) is 3.65. The molecule has 2 aromatic heterocycles. The lowest BCUT2D eigenvalue weighted by Gasteiger charge is -2.22. The average molecular weight is 535 g/mol. The molecule has 0 saturated carbocycles. The molecular formula is C23H30IN5O2. The van der Waals surface area contributed by atoms with Gasteiger partial charge in [0.2, 0.25) is 0 Å². The van der Waals surface area contributed by atoms with Crippen molar-refractivity contribution < 1.29 is 9.15 Å². The van der Waals surface area contributed by atoms with E-state index >= 15 is 0 Å². The average Bonchev–Trinajstić information content (AvgIpc) is 3.53. The lowest BCUT2D eigenvalue weighted by atomic mass is 10.0. The predicted molar refractivity (Wildman–Crippen MR) is 132 cm³/mol. The minimum absolute atomic E-state index is 0. The van der Waals surface area contributed by atoms with Gasteiger partial charge in [-0.25, -0.2) is 4.99 Å². The molecule has 7 nitrogen and oxygen atoms in total. The van der Waals surface area contributed by atoms with E-state index in [2.05, 4.69) is 33.6 Å². The Labute approximate surface area is 200 Å². The maximum atomic E-state index is 5.45. The van der Waals surface area contributed by atoms with Crippen LogP contribution in [0, 0.1) is 0 Å². The molecule has 3 heterocycles. The van der Waals surface area contributed by atoms with Crippen LogP contribution in [-0.4, -0.2) is 47.4 Å². The number of aliphatic imine (C=N–C) groups is 1. The molecule has 1 saturated heterocycles. The molecule has 1 aliphatic heterocycles. The van der Waals surface area contributed by atoms with E-state index in [1.54, 1.807) is 13.4 Å². The van der Waals surface area contributed by atoms with Gasteiger partial charge in [0.05, 0.1) is 26.1 Å². The van der Waals surface area contributed by atoms with Gasteiger partial charge in [-0.05, 0) is 41.8 Å². The van der Waals surface area contributed by atoms with Gasteiger partial charge in [-0.15, -0.1) is 24.0 Å². The van der Waals surface area contributed by atoms with E-state index in [0.29, 0.717) is 12.5 Å². The molecule has 0 amide bonds. The number of rotatable bonds is 7. The normalized spacial score (nSPS) is 16.3. The number of methoxy groups -OCH3 is 1. The molecule has 1 fully saturated rings. The summed E-state index contributed by atoms with van der Waals surface area (Å²) in [6.07, 6.45) is 7.74. The van der Waals surface area contributed by atoms with Crippen LogP contribution < -0.4 is 10.1 Å². The van der Waals surface area contributed by atoms with E-state index < -0.39 is 0 Å². The SMILES string of the molecule is COc1ccc(CN=C(NCCc2ccco2)N2CCC(c3cnn(C)c3)C2)cc1.I. The van der Waals surface area contributed by atoms with Crippen molar-refractivity contribution in [2.24, 2.45) is 12.0 Å². The number of guanidine groups is 1. The number of halogens is 1. The van der Waals surface area contributed by atoms with Crippen LogP contribution >= 0.6 is 24.0 Å². The highest BCUT2D eigenvalue weighted by Crippen LogP contribution is 2.26. The molecule has 0 radical (unpaired) electrons. The fourth-order valence-corrected chi connectivity index (χ4v) is 3.79. The van der Waals surface area contributed by atoms with Crippen molar-refractivity contribution in [2.75, 3.05) is 26.7 Å². The van der Waals surface area contributed by atoms with E-state index in [-0.39, 0.29) is 24.0 Å². The first kappa shape index (κ1) is 23.2. The number of nitrogens with one attached hydrogen (secondary N) is 1. The Bertz CT molecular complexity index is 953. The maximum Gasteiger partial charge on any atom is 0.194 e. The zero-order chi connectivity index (χ0) is 20.8. The number of aryl methyl sites for hydroxylation is 1. The van der Waals surface area contributed by atoms with Crippen LogP contribution in [0.3, 0.4) is 0 Å². The number of nitrogens with zero attached hydrogens (tertiary/aromatic N) is 4. The van der Waals surface area contributed by atoms with Crippen molar-refractivity contribution in [1.82, 2.24) is 20.0 Å². The third-order valence-corrected chi connectivity index (χ3v) is 5.49. The number of furan rings is 1. The Kier molecular flexibility index (Phi) is 8.39. The lowest BCUT2D eigenvalue weighted by Crippen LogP contribution is -2.41. The van der Waals surface area contributed by atoms with Crippen LogP contribution in [0.25, 0.3) is 0 Å². The topological polar surface area (TPSA) is 67.8 Å². The summed E-state index contributed by atoms with van der Waals surface area (Å²) < 4.78 is 12.6. The maximum absolute atomic E-state index is 5.45. The summed E-state index contributed by atoms with van der Waals surface area (Å²) in [5.41, 5.74) is 2.45. The Balaban J connectivity index is 0.00000272. The van der Waals surface area contributed by atoms with Gasteiger partial charge in [-0.2, -0.15) is 5.10 Å². The molecule has 0 spiro atoms. The Morgan fingerprint density at radius 2 is 2.13 bits per heavy atom. The third-order valence-electron chi connectivity index (χ3n) is 5.49. The second-order valence-corrected chi connectivity index (χ2v) is 7.62. The highest BCUT2D eigenvalue weighted by atomic mass is 127. The van der Waals surface area contributed by atoms with Crippen LogP contribution in [0.1, 0.15) is 29.2 Å². The highest BCUT2D eigenvalue weighted by Gasteiger charge is 2.27. The zero-order valence-corrected chi connectivity index (χ0v) is 20.4. The minimum Gasteiger partial charge on any atom is -0.497 e. The molecule has 8 heteroatoms. The van der Waals surface area contributed by atoms with Crippen molar-refractivity contribution in [1.29, 1.82) is 0 Å². The van der Waals surface area contributed by atoms with Gasteiger partial charge in [0.15, 0.2) is 5.96 Å².